The molecule has 1 N–H and O–H groups in total. The minimum absolute atomic E-state index is 0.120. The molecule has 1 aliphatic rings. The Bertz CT molecular complexity index is 1200. The molecule has 0 spiro atoms. The van der Waals surface area contributed by atoms with E-state index >= 15 is 0 Å². The average Bonchev–Trinajstić information content (AvgIpc) is 3.41. The van der Waals surface area contributed by atoms with E-state index in [2.05, 4.69) is 10.3 Å². The lowest BCUT2D eigenvalue weighted by atomic mass is 10.2. The molecular weight excluding hydrogens is 444 g/mol. The third-order valence-electron chi connectivity index (χ3n) is 4.76. The van der Waals surface area contributed by atoms with Gasteiger partial charge in [0.05, 0.1) is 34.6 Å². The van der Waals surface area contributed by atoms with Crippen molar-refractivity contribution < 1.29 is 22.5 Å². The third-order valence-corrected chi connectivity index (χ3v) is 7.43. The molecule has 3 heterocycles. The number of nitrogens with one attached hydrogen (secondary N) is 1. The van der Waals surface area contributed by atoms with Crippen molar-refractivity contribution in [2.75, 3.05) is 31.6 Å². The first-order valence-corrected chi connectivity index (χ1v) is 11.8. The summed E-state index contributed by atoms with van der Waals surface area (Å²) in [5, 5.41) is 17.4. The third kappa shape index (κ3) is 4.61. The van der Waals surface area contributed by atoms with Gasteiger partial charge in [0.25, 0.3) is 5.69 Å². The Labute approximate surface area is 182 Å². The van der Waals surface area contributed by atoms with Crippen molar-refractivity contribution in [3.05, 3.63) is 56.6 Å². The monoisotopic (exact) mass is 464 g/mol. The number of anilines is 1. The number of nitro benzene ring substituents is 1. The van der Waals surface area contributed by atoms with Gasteiger partial charge < -0.3 is 14.5 Å². The lowest BCUT2D eigenvalue weighted by Crippen LogP contribution is -2.40. The molecule has 164 valence electrons. The molecule has 0 atom stereocenters. The van der Waals surface area contributed by atoms with Crippen LogP contribution in [0.25, 0.3) is 11.5 Å². The molecule has 3 aromatic rings. The first kappa shape index (κ1) is 21.4. The van der Waals surface area contributed by atoms with Gasteiger partial charge in [0, 0.05) is 24.5 Å². The minimum Gasteiger partial charge on any atom is -0.458 e. The van der Waals surface area contributed by atoms with E-state index in [-0.39, 0.29) is 35.9 Å². The summed E-state index contributed by atoms with van der Waals surface area (Å²) >= 11 is 1.52. The molecule has 4 rings (SSSR count). The van der Waals surface area contributed by atoms with E-state index in [1.165, 1.54) is 27.8 Å². The summed E-state index contributed by atoms with van der Waals surface area (Å²) in [6.45, 7) is 3.13. The van der Waals surface area contributed by atoms with Crippen LogP contribution in [0, 0.1) is 17.0 Å². The minimum atomic E-state index is -3.83. The average molecular weight is 465 g/mol. The molecule has 1 aromatic carbocycles. The largest absolute Gasteiger partial charge is 0.458 e. The second kappa shape index (κ2) is 8.75. The van der Waals surface area contributed by atoms with Gasteiger partial charge in [0.2, 0.25) is 10.0 Å². The molecule has 0 amide bonds. The highest BCUT2D eigenvalue weighted by Gasteiger charge is 2.29. The maximum absolute atomic E-state index is 12.8. The molecule has 2 aromatic heterocycles. The van der Waals surface area contributed by atoms with E-state index in [1.54, 1.807) is 12.1 Å². The van der Waals surface area contributed by atoms with E-state index in [9.17, 15) is 18.5 Å². The zero-order valence-electron chi connectivity index (χ0n) is 16.6. The van der Waals surface area contributed by atoms with Crippen LogP contribution in [-0.2, 0) is 21.3 Å². The van der Waals surface area contributed by atoms with Gasteiger partial charge in [0.15, 0.2) is 5.76 Å². The Kier molecular flexibility index (Phi) is 6.05. The molecule has 1 fully saturated rings. The number of benzene rings is 1. The fraction of sp³-hybridized carbons (Fsp3) is 0.316. The Hall–Kier alpha value is -2.80. The molecule has 0 saturated carbocycles. The van der Waals surface area contributed by atoms with Crippen LogP contribution in [0.3, 0.4) is 0 Å². The molecule has 1 saturated heterocycles. The standard InChI is InChI=1S/C19H20N4O6S2/c1-13-21-17(12-30-13)19-5-2-14(29-19)11-20-16-4-3-15(10-18(16)23(24)25)31(26,27)22-6-8-28-9-7-22/h2-5,10,12,20H,6-9,11H2,1H3. The molecule has 0 unspecified atom stereocenters. The molecule has 12 heteroatoms. The van der Waals surface area contributed by atoms with E-state index < -0.39 is 14.9 Å². The van der Waals surface area contributed by atoms with Gasteiger partial charge in [-0.3, -0.25) is 10.1 Å². The van der Waals surface area contributed by atoms with Crippen LogP contribution in [0.15, 0.2) is 45.0 Å². The Morgan fingerprint density at radius 3 is 2.71 bits per heavy atom. The van der Waals surface area contributed by atoms with Gasteiger partial charge in [0.1, 0.15) is 17.1 Å². The van der Waals surface area contributed by atoms with Gasteiger partial charge in [-0.2, -0.15) is 4.31 Å². The number of nitrogens with zero attached hydrogens (tertiary/aromatic N) is 3. The Balaban J connectivity index is 1.52. The number of morpholine rings is 1. The van der Waals surface area contributed by atoms with Gasteiger partial charge in [-0.05, 0) is 31.2 Å². The van der Waals surface area contributed by atoms with E-state index in [0.717, 1.165) is 16.8 Å². The van der Waals surface area contributed by atoms with E-state index in [1.807, 2.05) is 12.3 Å². The summed E-state index contributed by atoms with van der Waals surface area (Å²) in [6, 6.07) is 7.40. The summed E-state index contributed by atoms with van der Waals surface area (Å²) < 4.78 is 37.8. The molecule has 0 bridgehead atoms. The number of sulfonamides is 1. The number of aryl methyl sites for hydroxylation is 1. The predicted molar refractivity (Wildman–Crippen MR) is 115 cm³/mol. The van der Waals surface area contributed by atoms with E-state index in [0.29, 0.717) is 24.7 Å². The van der Waals surface area contributed by atoms with Crippen molar-refractivity contribution in [3.8, 4) is 11.5 Å². The molecule has 1 aliphatic heterocycles. The lowest BCUT2D eigenvalue weighted by Gasteiger charge is -2.26. The highest BCUT2D eigenvalue weighted by atomic mass is 32.2. The fourth-order valence-corrected chi connectivity index (χ4v) is 5.21. The topological polar surface area (TPSA) is 128 Å². The molecule has 10 nitrogen and oxygen atoms in total. The number of ether oxygens (including phenoxy) is 1. The Morgan fingerprint density at radius 2 is 2.03 bits per heavy atom. The van der Waals surface area contributed by atoms with Crippen LogP contribution in [-0.4, -0.2) is 48.9 Å². The summed E-state index contributed by atoms with van der Waals surface area (Å²) in [5.74, 6) is 1.18. The first-order chi connectivity index (χ1) is 14.8. The van der Waals surface area contributed by atoms with Crippen LogP contribution >= 0.6 is 11.3 Å². The van der Waals surface area contributed by atoms with Crippen molar-refractivity contribution in [3.63, 3.8) is 0 Å². The summed E-state index contributed by atoms with van der Waals surface area (Å²) in [5.41, 5.74) is 0.613. The SMILES string of the molecule is Cc1nc(-c2ccc(CNc3ccc(S(=O)(=O)N4CCOCC4)cc3[N+](=O)[O-])o2)cs1. The number of aromatic nitrogens is 1. The van der Waals surface area contributed by atoms with Crippen LogP contribution in [0.2, 0.25) is 0 Å². The van der Waals surface area contributed by atoms with Crippen molar-refractivity contribution in [1.29, 1.82) is 0 Å². The molecule has 31 heavy (non-hydrogen) atoms. The number of furan rings is 1. The first-order valence-electron chi connectivity index (χ1n) is 9.46. The maximum Gasteiger partial charge on any atom is 0.293 e. The highest BCUT2D eigenvalue weighted by molar-refractivity contribution is 7.89. The smallest absolute Gasteiger partial charge is 0.293 e. The van der Waals surface area contributed by atoms with Crippen LogP contribution in [0.4, 0.5) is 11.4 Å². The van der Waals surface area contributed by atoms with Crippen LogP contribution in [0.1, 0.15) is 10.8 Å². The van der Waals surface area contributed by atoms with Crippen LogP contribution in [0.5, 0.6) is 0 Å². The normalized spacial score (nSPS) is 15.1. The van der Waals surface area contributed by atoms with Gasteiger partial charge in [-0.15, -0.1) is 11.3 Å². The van der Waals surface area contributed by atoms with Crippen molar-refractivity contribution in [2.24, 2.45) is 0 Å². The van der Waals surface area contributed by atoms with Crippen LogP contribution < -0.4 is 5.32 Å². The lowest BCUT2D eigenvalue weighted by molar-refractivity contribution is -0.384. The number of hydrogen-bond donors (Lipinski definition) is 1. The molecule has 0 radical (unpaired) electrons. The van der Waals surface area contributed by atoms with Gasteiger partial charge >= 0.3 is 0 Å². The summed E-state index contributed by atoms with van der Waals surface area (Å²) in [6.07, 6.45) is 0. The Morgan fingerprint density at radius 1 is 1.26 bits per heavy atom. The van der Waals surface area contributed by atoms with Gasteiger partial charge in [-0.25, -0.2) is 13.4 Å². The highest BCUT2D eigenvalue weighted by Crippen LogP contribution is 2.30. The number of thiazole rings is 1. The zero-order valence-corrected chi connectivity index (χ0v) is 18.2. The maximum atomic E-state index is 12.8. The quantitative estimate of drug-likeness (QED) is 0.417. The molecular formula is C19H20N4O6S2. The summed E-state index contributed by atoms with van der Waals surface area (Å²) in [7, 11) is -3.83. The van der Waals surface area contributed by atoms with E-state index in [4.69, 9.17) is 9.15 Å². The zero-order chi connectivity index (χ0) is 22.0. The van der Waals surface area contributed by atoms with Gasteiger partial charge in [-0.1, -0.05) is 0 Å². The van der Waals surface area contributed by atoms with Crippen molar-refractivity contribution in [1.82, 2.24) is 9.29 Å². The number of hydrogen-bond acceptors (Lipinski definition) is 9. The molecule has 0 aliphatic carbocycles. The second-order valence-electron chi connectivity index (χ2n) is 6.82. The predicted octanol–water partition coefficient (Wildman–Crippen LogP) is 3.25. The fourth-order valence-electron chi connectivity index (χ4n) is 3.18. The second-order valence-corrected chi connectivity index (χ2v) is 9.82. The van der Waals surface area contributed by atoms with Crippen molar-refractivity contribution in [2.45, 2.75) is 18.4 Å². The number of rotatable bonds is 7. The number of nitro groups is 1. The van der Waals surface area contributed by atoms with Crippen molar-refractivity contribution >= 4 is 32.7 Å². The summed E-state index contributed by atoms with van der Waals surface area (Å²) in [4.78, 5) is 15.2.